The largest absolute Gasteiger partial charge is 0.374 e. The van der Waals surface area contributed by atoms with E-state index >= 15 is 0 Å². The molecule has 0 saturated carbocycles. The number of hydrogen-bond donors (Lipinski definition) is 1. The lowest BCUT2D eigenvalue weighted by molar-refractivity contribution is -0.0244. The summed E-state index contributed by atoms with van der Waals surface area (Å²) in [4.78, 5) is 6.63. The number of nitrogens with zero attached hydrogens (tertiary/aromatic N) is 3. The number of rotatable bonds is 5. The van der Waals surface area contributed by atoms with Crippen LogP contribution in [0.25, 0.3) is 0 Å². The van der Waals surface area contributed by atoms with Gasteiger partial charge in [0.05, 0.1) is 18.3 Å². The molecule has 1 aromatic heterocycles. The zero-order valence-corrected chi connectivity index (χ0v) is 12.2. The Balaban J connectivity index is 1.86. The summed E-state index contributed by atoms with van der Waals surface area (Å²) in [6.07, 6.45) is 1.84. The van der Waals surface area contributed by atoms with E-state index in [1.54, 1.807) is 18.3 Å². The van der Waals surface area contributed by atoms with E-state index in [1.807, 2.05) is 0 Å². The molecule has 0 radical (unpaired) electrons. The highest BCUT2D eigenvalue weighted by Gasteiger charge is 2.21. The third kappa shape index (κ3) is 4.19. The highest BCUT2D eigenvalue weighted by molar-refractivity contribution is 5.51. The number of pyridine rings is 1. The average Bonchev–Trinajstić information content (AvgIpc) is 2.45. The summed E-state index contributed by atoms with van der Waals surface area (Å²) in [6.45, 7) is 8.95. The Morgan fingerprint density at radius 3 is 3.20 bits per heavy atom. The van der Waals surface area contributed by atoms with Gasteiger partial charge < -0.3 is 10.1 Å². The molecule has 0 aromatic carbocycles. The van der Waals surface area contributed by atoms with Gasteiger partial charge in [0.25, 0.3) is 0 Å². The number of nitriles is 1. The lowest BCUT2D eigenvalue weighted by Gasteiger charge is -2.34. The summed E-state index contributed by atoms with van der Waals surface area (Å²) in [5.74, 6) is 1.31. The number of hydrogen-bond acceptors (Lipinski definition) is 5. The lowest BCUT2D eigenvalue weighted by Crippen LogP contribution is -2.46. The Bertz CT molecular complexity index is 469. The topological polar surface area (TPSA) is 61.2 Å². The quantitative estimate of drug-likeness (QED) is 0.886. The lowest BCUT2D eigenvalue weighted by atomic mass is 10.2. The molecule has 2 rings (SSSR count). The van der Waals surface area contributed by atoms with Crippen molar-refractivity contribution in [3.8, 4) is 6.07 Å². The van der Waals surface area contributed by atoms with Crippen LogP contribution in [0.1, 0.15) is 19.4 Å². The first-order chi connectivity index (χ1) is 9.69. The Hall–Kier alpha value is -1.64. The molecule has 0 amide bonds. The van der Waals surface area contributed by atoms with Crippen molar-refractivity contribution in [3.05, 3.63) is 23.9 Å². The molecule has 1 unspecified atom stereocenters. The fourth-order valence-electron chi connectivity index (χ4n) is 2.43. The van der Waals surface area contributed by atoms with Gasteiger partial charge in [-0.1, -0.05) is 13.8 Å². The van der Waals surface area contributed by atoms with Gasteiger partial charge in [-0.3, -0.25) is 4.90 Å². The summed E-state index contributed by atoms with van der Waals surface area (Å²) < 4.78 is 5.77. The zero-order valence-electron chi connectivity index (χ0n) is 12.2. The zero-order chi connectivity index (χ0) is 14.4. The maximum absolute atomic E-state index is 9.03. The Labute approximate surface area is 120 Å². The molecule has 108 valence electrons. The predicted octanol–water partition coefficient (Wildman–Crippen LogP) is 1.72. The van der Waals surface area contributed by atoms with Gasteiger partial charge in [0.1, 0.15) is 11.9 Å². The van der Waals surface area contributed by atoms with E-state index in [0.29, 0.717) is 23.8 Å². The van der Waals surface area contributed by atoms with Crippen LogP contribution in [0.2, 0.25) is 0 Å². The first kappa shape index (κ1) is 14.8. The minimum atomic E-state index is 0.149. The summed E-state index contributed by atoms with van der Waals surface area (Å²) in [6, 6.07) is 5.68. The molecule has 1 fully saturated rings. The first-order valence-corrected chi connectivity index (χ1v) is 7.12. The van der Waals surface area contributed by atoms with Crippen LogP contribution >= 0.6 is 0 Å². The van der Waals surface area contributed by atoms with Crippen molar-refractivity contribution in [2.75, 3.05) is 38.1 Å². The van der Waals surface area contributed by atoms with E-state index in [-0.39, 0.29) is 6.10 Å². The van der Waals surface area contributed by atoms with Crippen molar-refractivity contribution in [1.82, 2.24) is 9.88 Å². The monoisotopic (exact) mass is 274 g/mol. The van der Waals surface area contributed by atoms with E-state index in [0.717, 1.165) is 26.2 Å². The molecular formula is C15H22N4O. The van der Waals surface area contributed by atoms with Gasteiger partial charge in [0, 0.05) is 32.4 Å². The number of morpholine rings is 1. The van der Waals surface area contributed by atoms with E-state index in [1.165, 1.54) is 0 Å². The number of aromatic nitrogens is 1. The van der Waals surface area contributed by atoms with Crippen molar-refractivity contribution in [2.24, 2.45) is 5.92 Å². The van der Waals surface area contributed by atoms with Crippen LogP contribution in [0.4, 0.5) is 5.82 Å². The van der Waals surface area contributed by atoms with Gasteiger partial charge in [-0.05, 0) is 18.1 Å². The smallest absolute Gasteiger partial charge is 0.143 e. The van der Waals surface area contributed by atoms with Crippen LogP contribution in [0.15, 0.2) is 18.3 Å². The van der Waals surface area contributed by atoms with Gasteiger partial charge in [0.2, 0.25) is 0 Å². The molecule has 1 atom stereocenters. The van der Waals surface area contributed by atoms with E-state index in [2.05, 4.69) is 35.1 Å². The van der Waals surface area contributed by atoms with Crippen molar-refractivity contribution < 1.29 is 4.74 Å². The maximum Gasteiger partial charge on any atom is 0.143 e. The maximum atomic E-state index is 9.03. The summed E-state index contributed by atoms with van der Waals surface area (Å²) >= 11 is 0. The summed E-state index contributed by atoms with van der Waals surface area (Å²) in [5, 5.41) is 12.2. The highest BCUT2D eigenvalue weighted by Crippen LogP contribution is 2.12. The SMILES string of the molecule is CC(C)CN1CCOC(CNc2ncccc2C#N)C1. The van der Waals surface area contributed by atoms with Crippen LogP contribution in [0.5, 0.6) is 0 Å². The van der Waals surface area contributed by atoms with Crippen LogP contribution in [-0.4, -0.2) is 48.8 Å². The summed E-state index contributed by atoms with van der Waals surface area (Å²) in [5.41, 5.74) is 0.572. The molecule has 0 bridgehead atoms. The van der Waals surface area contributed by atoms with Gasteiger partial charge in [-0.2, -0.15) is 5.26 Å². The van der Waals surface area contributed by atoms with E-state index in [9.17, 15) is 0 Å². The molecule has 5 nitrogen and oxygen atoms in total. The molecule has 20 heavy (non-hydrogen) atoms. The third-order valence-corrected chi connectivity index (χ3v) is 3.27. The standard InChI is InChI=1S/C15H22N4O/c1-12(2)10-19-6-7-20-14(11-19)9-18-15-13(8-16)4-3-5-17-15/h3-5,12,14H,6-7,9-11H2,1-2H3,(H,17,18). The van der Waals surface area contributed by atoms with Gasteiger partial charge in [-0.25, -0.2) is 4.98 Å². The number of anilines is 1. The molecule has 1 aliphatic heterocycles. The molecule has 1 aromatic rings. The second kappa shape index (κ2) is 7.22. The molecule has 1 saturated heterocycles. The molecule has 0 aliphatic carbocycles. The number of nitrogens with one attached hydrogen (secondary N) is 1. The fourth-order valence-corrected chi connectivity index (χ4v) is 2.43. The van der Waals surface area contributed by atoms with E-state index < -0.39 is 0 Å². The third-order valence-electron chi connectivity index (χ3n) is 3.27. The van der Waals surface area contributed by atoms with E-state index in [4.69, 9.17) is 10.00 Å². The van der Waals surface area contributed by atoms with Crippen LogP contribution in [0, 0.1) is 17.2 Å². The fraction of sp³-hybridized carbons (Fsp3) is 0.600. The summed E-state index contributed by atoms with van der Waals surface area (Å²) in [7, 11) is 0. The predicted molar refractivity (Wildman–Crippen MR) is 78.5 cm³/mol. The Kier molecular flexibility index (Phi) is 5.33. The Morgan fingerprint density at radius 1 is 1.60 bits per heavy atom. The van der Waals surface area contributed by atoms with Gasteiger partial charge >= 0.3 is 0 Å². The second-order valence-corrected chi connectivity index (χ2v) is 5.54. The molecule has 5 heteroatoms. The molecule has 1 aliphatic rings. The van der Waals surface area contributed by atoms with Crippen molar-refractivity contribution in [2.45, 2.75) is 20.0 Å². The first-order valence-electron chi connectivity index (χ1n) is 7.12. The number of ether oxygens (including phenoxy) is 1. The second-order valence-electron chi connectivity index (χ2n) is 5.54. The molecule has 1 N–H and O–H groups in total. The molecule has 0 spiro atoms. The van der Waals surface area contributed by atoms with Crippen molar-refractivity contribution in [3.63, 3.8) is 0 Å². The van der Waals surface area contributed by atoms with Crippen LogP contribution in [-0.2, 0) is 4.74 Å². The van der Waals surface area contributed by atoms with Crippen molar-refractivity contribution >= 4 is 5.82 Å². The molecule has 2 heterocycles. The average molecular weight is 274 g/mol. The highest BCUT2D eigenvalue weighted by atomic mass is 16.5. The van der Waals surface area contributed by atoms with Gasteiger partial charge in [-0.15, -0.1) is 0 Å². The van der Waals surface area contributed by atoms with Crippen molar-refractivity contribution in [1.29, 1.82) is 5.26 Å². The normalized spacial score (nSPS) is 19.8. The Morgan fingerprint density at radius 2 is 2.45 bits per heavy atom. The van der Waals surface area contributed by atoms with Gasteiger partial charge in [0.15, 0.2) is 0 Å². The minimum Gasteiger partial charge on any atom is -0.374 e. The van der Waals surface area contributed by atoms with Crippen LogP contribution in [0.3, 0.4) is 0 Å². The van der Waals surface area contributed by atoms with Crippen LogP contribution < -0.4 is 5.32 Å². The minimum absolute atomic E-state index is 0.149. The molecular weight excluding hydrogens is 252 g/mol.